The van der Waals surface area contributed by atoms with Crippen molar-refractivity contribution in [2.75, 3.05) is 0 Å². The zero-order chi connectivity index (χ0) is 11.0. The highest BCUT2D eigenvalue weighted by atomic mass is 32.2. The Labute approximate surface area is 84.0 Å². The van der Waals surface area contributed by atoms with E-state index in [1.165, 1.54) is 6.20 Å². The SMILES string of the molecule is Cc1[nH]ncc1S(=O)(=O)NC(C)(C)C. The summed E-state index contributed by atoms with van der Waals surface area (Å²) in [6.07, 6.45) is 1.31. The molecule has 1 aromatic heterocycles. The van der Waals surface area contributed by atoms with Gasteiger partial charge in [0.15, 0.2) is 0 Å². The van der Waals surface area contributed by atoms with E-state index in [0.29, 0.717) is 5.69 Å². The largest absolute Gasteiger partial charge is 0.281 e. The Morgan fingerprint density at radius 1 is 1.43 bits per heavy atom. The number of rotatable bonds is 2. The maximum Gasteiger partial charge on any atom is 0.244 e. The number of nitrogens with zero attached hydrogens (tertiary/aromatic N) is 1. The van der Waals surface area contributed by atoms with E-state index in [-0.39, 0.29) is 4.90 Å². The monoisotopic (exact) mass is 217 g/mol. The lowest BCUT2D eigenvalue weighted by Gasteiger charge is -2.19. The van der Waals surface area contributed by atoms with Crippen molar-refractivity contribution in [1.82, 2.24) is 14.9 Å². The summed E-state index contributed by atoms with van der Waals surface area (Å²) < 4.78 is 26.1. The van der Waals surface area contributed by atoms with Crippen LogP contribution < -0.4 is 4.72 Å². The molecule has 5 nitrogen and oxygen atoms in total. The fourth-order valence-corrected chi connectivity index (χ4v) is 2.63. The number of aryl methyl sites for hydroxylation is 1. The van der Waals surface area contributed by atoms with Gasteiger partial charge in [0.25, 0.3) is 0 Å². The summed E-state index contributed by atoms with van der Waals surface area (Å²) in [4.78, 5) is 0.201. The third kappa shape index (κ3) is 2.55. The highest BCUT2D eigenvalue weighted by molar-refractivity contribution is 7.89. The third-order valence-corrected chi connectivity index (χ3v) is 3.39. The van der Waals surface area contributed by atoms with Crippen LogP contribution in [0, 0.1) is 6.92 Å². The molecule has 0 radical (unpaired) electrons. The summed E-state index contributed by atoms with van der Waals surface area (Å²) >= 11 is 0. The maximum absolute atomic E-state index is 11.8. The first kappa shape index (κ1) is 11.2. The van der Waals surface area contributed by atoms with E-state index in [9.17, 15) is 8.42 Å². The van der Waals surface area contributed by atoms with Crippen molar-refractivity contribution in [3.05, 3.63) is 11.9 Å². The van der Waals surface area contributed by atoms with Gasteiger partial charge < -0.3 is 0 Å². The van der Waals surface area contributed by atoms with Crippen molar-refractivity contribution in [2.24, 2.45) is 0 Å². The maximum atomic E-state index is 11.8. The van der Waals surface area contributed by atoms with Gasteiger partial charge in [0.1, 0.15) is 4.90 Å². The average molecular weight is 217 g/mol. The normalized spacial score (nSPS) is 13.1. The summed E-state index contributed by atoms with van der Waals surface area (Å²) in [5.74, 6) is 0. The summed E-state index contributed by atoms with van der Waals surface area (Å²) in [6, 6.07) is 0. The fourth-order valence-electron chi connectivity index (χ4n) is 1.07. The molecule has 0 spiro atoms. The zero-order valence-electron chi connectivity index (χ0n) is 8.75. The first-order valence-corrected chi connectivity index (χ1v) is 5.75. The van der Waals surface area contributed by atoms with Crippen LogP contribution in [0.2, 0.25) is 0 Å². The molecule has 0 aliphatic rings. The van der Waals surface area contributed by atoms with Crippen molar-refractivity contribution < 1.29 is 8.42 Å². The molecule has 2 N–H and O–H groups in total. The van der Waals surface area contributed by atoms with Gasteiger partial charge in [0.05, 0.1) is 11.9 Å². The van der Waals surface area contributed by atoms with Crippen molar-refractivity contribution >= 4 is 10.0 Å². The fraction of sp³-hybridized carbons (Fsp3) is 0.625. The standard InChI is InChI=1S/C8H15N3O2S/c1-6-7(5-9-10-6)14(12,13)11-8(2,3)4/h5,11H,1-4H3,(H,9,10). The van der Waals surface area contributed by atoms with E-state index in [4.69, 9.17) is 0 Å². The topological polar surface area (TPSA) is 74.8 Å². The third-order valence-electron chi connectivity index (χ3n) is 1.51. The van der Waals surface area contributed by atoms with Crippen molar-refractivity contribution in [2.45, 2.75) is 38.1 Å². The summed E-state index contributed by atoms with van der Waals surface area (Å²) in [7, 11) is -3.45. The van der Waals surface area contributed by atoms with Crippen LogP contribution in [0.1, 0.15) is 26.5 Å². The molecular formula is C8H15N3O2S. The molecule has 0 unspecified atom stereocenters. The van der Waals surface area contributed by atoms with E-state index in [1.807, 2.05) is 0 Å². The lowest BCUT2D eigenvalue weighted by molar-refractivity contribution is 0.491. The molecule has 0 aliphatic heterocycles. The molecule has 0 fully saturated rings. The molecular weight excluding hydrogens is 202 g/mol. The highest BCUT2D eigenvalue weighted by Gasteiger charge is 2.24. The van der Waals surface area contributed by atoms with Gasteiger partial charge in [-0.15, -0.1) is 0 Å². The van der Waals surface area contributed by atoms with Gasteiger partial charge in [-0.1, -0.05) is 0 Å². The van der Waals surface area contributed by atoms with Gasteiger partial charge in [-0.2, -0.15) is 5.10 Å². The molecule has 80 valence electrons. The van der Waals surface area contributed by atoms with Gasteiger partial charge in [-0.05, 0) is 27.7 Å². The van der Waals surface area contributed by atoms with Crippen molar-refractivity contribution in [3.63, 3.8) is 0 Å². The molecule has 0 saturated carbocycles. The summed E-state index contributed by atoms with van der Waals surface area (Å²) in [5.41, 5.74) is 0.0597. The quantitative estimate of drug-likeness (QED) is 0.769. The number of hydrogen-bond donors (Lipinski definition) is 2. The molecule has 1 aromatic rings. The van der Waals surface area contributed by atoms with Crippen LogP contribution in [0.15, 0.2) is 11.1 Å². The molecule has 0 saturated heterocycles. The lowest BCUT2D eigenvalue weighted by Crippen LogP contribution is -2.40. The Balaban J connectivity index is 3.05. The van der Waals surface area contributed by atoms with Crippen LogP contribution >= 0.6 is 0 Å². The first-order chi connectivity index (χ1) is 6.22. The Bertz CT molecular complexity index is 414. The number of hydrogen-bond acceptors (Lipinski definition) is 3. The molecule has 1 rings (SSSR count). The number of aromatic amines is 1. The van der Waals surface area contributed by atoms with E-state index >= 15 is 0 Å². The van der Waals surface area contributed by atoms with E-state index in [1.54, 1.807) is 27.7 Å². The minimum absolute atomic E-state index is 0.201. The first-order valence-electron chi connectivity index (χ1n) is 4.26. The van der Waals surface area contributed by atoms with Gasteiger partial charge >= 0.3 is 0 Å². The number of sulfonamides is 1. The lowest BCUT2D eigenvalue weighted by atomic mass is 10.1. The van der Waals surface area contributed by atoms with Gasteiger partial charge in [-0.25, -0.2) is 13.1 Å². The van der Waals surface area contributed by atoms with Crippen molar-refractivity contribution in [1.29, 1.82) is 0 Å². The second-order valence-electron chi connectivity index (χ2n) is 4.21. The summed E-state index contributed by atoms with van der Waals surface area (Å²) in [6.45, 7) is 7.05. The molecule has 14 heavy (non-hydrogen) atoms. The second kappa shape index (κ2) is 3.36. The zero-order valence-corrected chi connectivity index (χ0v) is 9.57. The average Bonchev–Trinajstić information content (AvgIpc) is 2.29. The van der Waals surface area contributed by atoms with Crippen LogP contribution in [-0.2, 0) is 10.0 Å². The number of H-pyrrole nitrogens is 1. The minimum atomic E-state index is -3.45. The summed E-state index contributed by atoms with van der Waals surface area (Å²) in [5, 5.41) is 6.27. The van der Waals surface area contributed by atoms with Gasteiger partial charge in [0, 0.05) is 5.54 Å². The molecule has 1 heterocycles. The Morgan fingerprint density at radius 3 is 2.36 bits per heavy atom. The minimum Gasteiger partial charge on any atom is -0.281 e. The smallest absolute Gasteiger partial charge is 0.244 e. The van der Waals surface area contributed by atoms with Crippen LogP contribution in [0.5, 0.6) is 0 Å². The van der Waals surface area contributed by atoms with Crippen LogP contribution in [0.25, 0.3) is 0 Å². The predicted molar refractivity (Wildman–Crippen MR) is 53.4 cm³/mol. The van der Waals surface area contributed by atoms with Crippen LogP contribution in [-0.4, -0.2) is 24.2 Å². The predicted octanol–water partition coefficient (Wildman–Crippen LogP) is 0.795. The molecule has 0 aromatic carbocycles. The van der Waals surface area contributed by atoms with E-state index < -0.39 is 15.6 Å². The van der Waals surface area contributed by atoms with Crippen LogP contribution in [0.3, 0.4) is 0 Å². The molecule has 0 atom stereocenters. The molecule has 0 amide bonds. The Kier molecular flexibility index (Phi) is 2.69. The van der Waals surface area contributed by atoms with Gasteiger partial charge in [-0.3, -0.25) is 5.10 Å². The highest BCUT2D eigenvalue weighted by Crippen LogP contribution is 2.14. The molecule has 0 aliphatic carbocycles. The van der Waals surface area contributed by atoms with Crippen molar-refractivity contribution in [3.8, 4) is 0 Å². The molecule has 0 bridgehead atoms. The molecule has 6 heteroatoms. The Hall–Kier alpha value is -0.880. The number of nitrogens with one attached hydrogen (secondary N) is 2. The van der Waals surface area contributed by atoms with E-state index in [2.05, 4.69) is 14.9 Å². The van der Waals surface area contributed by atoms with E-state index in [0.717, 1.165) is 0 Å². The van der Waals surface area contributed by atoms with Crippen LogP contribution in [0.4, 0.5) is 0 Å². The number of aromatic nitrogens is 2. The second-order valence-corrected chi connectivity index (χ2v) is 5.87. The van der Waals surface area contributed by atoms with Gasteiger partial charge in [0.2, 0.25) is 10.0 Å². The Morgan fingerprint density at radius 2 is 2.00 bits per heavy atom.